The summed E-state index contributed by atoms with van der Waals surface area (Å²) in [7, 11) is 0. The Balaban J connectivity index is 1.74. The van der Waals surface area contributed by atoms with E-state index in [0.29, 0.717) is 10.9 Å². The Kier molecular flexibility index (Phi) is 4.52. The summed E-state index contributed by atoms with van der Waals surface area (Å²) in [6.07, 6.45) is 1.75. The highest BCUT2D eigenvalue weighted by atomic mass is 32.2. The number of thioether (sulfide) groups is 1. The van der Waals surface area contributed by atoms with E-state index in [4.69, 9.17) is 0 Å². The summed E-state index contributed by atoms with van der Waals surface area (Å²) in [4.78, 5) is 13.4. The van der Waals surface area contributed by atoms with Gasteiger partial charge in [-0.1, -0.05) is 30.0 Å². The van der Waals surface area contributed by atoms with E-state index >= 15 is 0 Å². The van der Waals surface area contributed by atoms with E-state index in [1.807, 2.05) is 18.2 Å². The summed E-state index contributed by atoms with van der Waals surface area (Å²) in [6.45, 7) is 3.98. The SMILES string of the molecule is O=C1CSC(=NN=Cc2ccccc2N2CCNCC2)N1. The molecule has 21 heavy (non-hydrogen) atoms. The highest BCUT2D eigenvalue weighted by Crippen LogP contribution is 2.19. The van der Waals surface area contributed by atoms with Crippen LogP contribution in [0.3, 0.4) is 0 Å². The fourth-order valence-electron chi connectivity index (χ4n) is 2.31. The largest absolute Gasteiger partial charge is 0.368 e. The first kappa shape index (κ1) is 14.1. The number of rotatable bonds is 3. The number of amides is 1. The molecule has 1 amide bonds. The number of benzene rings is 1. The van der Waals surface area contributed by atoms with Crippen LogP contribution >= 0.6 is 11.8 Å². The Labute approximate surface area is 127 Å². The van der Waals surface area contributed by atoms with Gasteiger partial charge >= 0.3 is 0 Å². The smallest absolute Gasteiger partial charge is 0.236 e. The molecular formula is C14H17N5OS. The molecule has 0 spiro atoms. The molecule has 0 radical (unpaired) electrons. The molecule has 7 heteroatoms. The van der Waals surface area contributed by atoms with Gasteiger partial charge in [0, 0.05) is 37.4 Å². The van der Waals surface area contributed by atoms with Crippen molar-refractivity contribution in [3.05, 3.63) is 29.8 Å². The fraction of sp³-hybridized carbons (Fsp3) is 0.357. The van der Waals surface area contributed by atoms with E-state index in [-0.39, 0.29) is 5.91 Å². The summed E-state index contributed by atoms with van der Waals surface area (Å²) in [6, 6.07) is 8.16. The highest BCUT2D eigenvalue weighted by Gasteiger charge is 2.16. The Hall–Kier alpha value is -1.86. The Morgan fingerprint density at radius 2 is 2.05 bits per heavy atom. The number of amidine groups is 1. The minimum Gasteiger partial charge on any atom is -0.368 e. The lowest BCUT2D eigenvalue weighted by Crippen LogP contribution is -2.43. The second-order valence-corrected chi connectivity index (χ2v) is 5.75. The fourth-order valence-corrected chi connectivity index (χ4v) is 2.94. The molecule has 6 nitrogen and oxygen atoms in total. The van der Waals surface area contributed by atoms with Crippen molar-refractivity contribution in [3.63, 3.8) is 0 Å². The van der Waals surface area contributed by atoms with Gasteiger partial charge in [-0.25, -0.2) is 0 Å². The number of anilines is 1. The van der Waals surface area contributed by atoms with E-state index in [1.165, 1.54) is 17.4 Å². The normalized spacial score (nSPS) is 21.2. The lowest BCUT2D eigenvalue weighted by Gasteiger charge is -2.30. The van der Waals surface area contributed by atoms with Gasteiger partial charge in [0.2, 0.25) is 5.91 Å². The predicted octanol–water partition coefficient (Wildman–Crippen LogP) is 0.649. The van der Waals surface area contributed by atoms with Gasteiger partial charge in [-0.05, 0) is 6.07 Å². The molecule has 1 aromatic carbocycles. The monoisotopic (exact) mass is 303 g/mol. The van der Waals surface area contributed by atoms with Crippen LogP contribution in [0, 0.1) is 0 Å². The third kappa shape index (κ3) is 3.62. The summed E-state index contributed by atoms with van der Waals surface area (Å²) in [5.74, 6) is 0.404. The van der Waals surface area contributed by atoms with Crippen LogP contribution in [-0.2, 0) is 4.79 Å². The number of hydrogen-bond donors (Lipinski definition) is 2. The average molecular weight is 303 g/mol. The maximum atomic E-state index is 11.1. The molecule has 0 saturated carbocycles. The lowest BCUT2D eigenvalue weighted by atomic mass is 10.1. The minimum atomic E-state index is -0.0184. The summed E-state index contributed by atoms with van der Waals surface area (Å²) in [5, 5.41) is 14.7. The zero-order valence-electron chi connectivity index (χ0n) is 11.6. The molecule has 0 aliphatic carbocycles. The zero-order valence-corrected chi connectivity index (χ0v) is 12.4. The standard InChI is InChI=1S/C14H17N5OS/c20-13-10-21-14(17-13)18-16-9-11-3-1-2-4-12(11)19-7-5-15-6-8-19/h1-4,9,15H,5-8,10H2,(H,17,18,20). The van der Waals surface area contributed by atoms with Crippen molar-refractivity contribution in [2.45, 2.75) is 0 Å². The van der Waals surface area contributed by atoms with Crippen molar-refractivity contribution in [3.8, 4) is 0 Å². The first-order chi connectivity index (χ1) is 10.3. The maximum absolute atomic E-state index is 11.1. The molecule has 0 bridgehead atoms. The lowest BCUT2D eigenvalue weighted by molar-refractivity contribution is -0.116. The Morgan fingerprint density at radius 3 is 2.81 bits per heavy atom. The number of piperazine rings is 1. The summed E-state index contributed by atoms with van der Waals surface area (Å²) >= 11 is 1.37. The number of carbonyl (C=O) groups is 1. The number of carbonyl (C=O) groups excluding carboxylic acids is 1. The van der Waals surface area contributed by atoms with Gasteiger partial charge in [0.15, 0.2) is 5.17 Å². The van der Waals surface area contributed by atoms with Gasteiger partial charge in [0.1, 0.15) is 0 Å². The zero-order chi connectivity index (χ0) is 14.5. The topological polar surface area (TPSA) is 69.1 Å². The maximum Gasteiger partial charge on any atom is 0.236 e. The molecule has 1 aromatic rings. The second kappa shape index (κ2) is 6.73. The predicted molar refractivity (Wildman–Crippen MR) is 87.2 cm³/mol. The van der Waals surface area contributed by atoms with Crippen LogP contribution in [0.4, 0.5) is 5.69 Å². The molecule has 2 heterocycles. The average Bonchev–Trinajstić information content (AvgIpc) is 2.94. The van der Waals surface area contributed by atoms with Crippen LogP contribution < -0.4 is 15.5 Å². The third-order valence-corrected chi connectivity index (χ3v) is 4.19. The molecule has 0 aromatic heterocycles. The number of nitrogens with one attached hydrogen (secondary N) is 2. The van der Waals surface area contributed by atoms with Crippen molar-refractivity contribution < 1.29 is 4.79 Å². The Bertz CT molecular complexity index is 580. The van der Waals surface area contributed by atoms with Crippen molar-refractivity contribution in [1.29, 1.82) is 0 Å². The van der Waals surface area contributed by atoms with E-state index in [1.54, 1.807) is 6.21 Å². The first-order valence-electron chi connectivity index (χ1n) is 6.91. The minimum absolute atomic E-state index is 0.0184. The van der Waals surface area contributed by atoms with Gasteiger partial charge in [0.25, 0.3) is 0 Å². The molecule has 2 N–H and O–H groups in total. The molecule has 2 aliphatic rings. The van der Waals surface area contributed by atoms with Crippen molar-refractivity contribution >= 4 is 34.7 Å². The summed E-state index contributed by atoms with van der Waals surface area (Å²) in [5.41, 5.74) is 2.21. The van der Waals surface area contributed by atoms with Crippen LogP contribution in [0.5, 0.6) is 0 Å². The van der Waals surface area contributed by atoms with Gasteiger partial charge in [0.05, 0.1) is 12.0 Å². The second-order valence-electron chi connectivity index (χ2n) is 4.78. The van der Waals surface area contributed by atoms with Crippen LogP contribution in [0.1, 0.15) is 5.56 Å². The molecule has 0 atom stereocenters. The molecule has 3 rings (SSSR count). The molecule has 110 valence electrons. The third-order valence-electron chi connectivity index (χ3n) is 3.33. The van der Waals surface area contributed by atoms with Gasteiger partial charge in [-0.15, -0.1) is 5.10 Å². The molecular weight excluding hydrogens is 286 g/mol. The van der Waals surface area contributed by atoms with Gasteiger partial charge in [-0.3, -0.25) is 4.79 Å². The molecule has 2 saturated heterocycles. The summed E-state index contributed by atoms with van der Waals surface area (Å²) < 4.78 is 0. The molecule has 0 unspecified atom stereocenters. The first-order valence-corrected chi connectivity index (χ1v) is 7.90. The molecule has 2 aliphatic heterocycles. The van der Waals surface area contributed by atoms with E-state index in [9.17, 15) is 4.79 Å². The highest BCUT2D eigenvalue weighted by molar-refractivity contribution is 8.15. The van der Waals surface area contributed by atoms with Crippen LogP contribution in [0.2, 0.25) is 0 Å². The van der Waals surface area contributed by atoms with Crippen LogP contribution in [0.15, 0.2) is 34.5 Å². The van der Waals surface area contributed by atoms with Crippen molar-refractivity contribution in [2.24, 2.45) is 10.2 Å². The van der Waals surface area contributed by atoms with Gasteiger partial charge in [-0.2, -0.15) is 5.10 Å². The van der Waals surface area contributed by atoms with Crippen LogP contribution in [-0.4, -0.2) is 49.2 Å². The quantitative estimate of drug-likeness (QED) is 0.635. The number of hydrogen-bond acceptors (Lipinski definition) is 6. The van der Waals surface area contributed by atoms with Crippen molar-refractivity contribution in [2.75, 3.05) is 36.8 Å². The molecule has 2 fully saturated rings. The van der Waals surface area contributed by atoms with Crippen LogP contribution in [0.25, 0.3) is 0 Å². The van der Waals surface area contributed by atoms with Crippen molar-refractivity contribution in [1.82, 2.24) is 10.6 Å². The number of para-hydroxylation sites is 1. The van der Waals surface area contributed by atoms with E-state index < -0.39 is 0 Å². The Morgan fingerprint density at radius 1 is 1.24 bits per heavy atom. The van der Waals surface area contributed by atoms with Gasteiger partial charge < -0.3 is 15.5 Å². The van der Waals surface area contributed by atoms with E-state index in [0.717, 1.165) is 31.7 Å². The number of nitrogens with zero attached hydrogens (tertiary/aromatic N) is 3. The van der Waals surface area contributed by atoms with E-state index in [2.05, 4.69) is 31.8 Å².